The van der Waals surface area contributed by atoms with Gasteiger partial charge in [0.05, 0.1) is 13.1 Å². The summed E-state index contributed by atoms with van der Waals surface area (Å²) in [7, 11) is 3.07. The van der Waals surface area contributed by atoms with Crippen molar-refractivity contribution in [2.24, 2.45) is 4.99 Å². The second kappa shape index (κ2) is 6.62. The monoisotopic (exact) mass is 346 g/mol. The van der Waals surface area contributed by atoms with Crippen LogP contribution in [0.3, 0.4) is 0 Å². The zero-order valence-electron chi connectivity index (χ0n) is 14.5. The largest absolute Gasteiger partial charge is 0.390 e. The molecule has 132 valence electrons. The Bertz CT molecular complexity index is 772. The second-order valence-corrected chi connectivity index (χ2v) is 6.12. The molecule has 1 aromatic carbocycles. The Morgan fingerprint density at radius 3 is 2.52 bits per heavy atom. The fourth-order valence-corrected chi connectivity index (χ4v) is 2.93. The number of aliphatic imine (C=N–C) groups is 1. The first-order chi connectivity index (χ1) is 11.9. The highest BCUT2D eigenvalue weighted by atomic mass is 19.1. The standard InChI is InChI=1S/C17H20FN5O2/c1-4-9-19-16-20-14-13(15(24)22(3)17(25)21(14)2)23(16)10-11-5-7-12(18)8-6-11/h5-8,13H,4,9-10H2,1-3H3/p+1. The molecule has 0 aromatic heterocycles. The molecule has 0 aliphatic carbocycles. The lowest BCUT2D eigenvalue weighted by molar-refractivity contribution is -0.553. The number of hydrogen-bond acceptors (Lipinski definition) is 4. The molecule has 1 N–H and O–H groups in total. The minimum atomic E-state index is -0.669. The average molecular weight is 346 g/mol. The quantitative estimate of drug-likeness (QED) is 0.827. The van der Waals surface area contributed by atoms with Crippen LogP contribution in [0.15, 0.2) is 29.3 Å². The van der Waals surface area contributed by atoms with Gasteiger partial charge in [-0.25, -0.2) is 13.8 Å². The van der Waals surface area contributed by atoms with Crippen molar-refractivity contribution in [1.82, 2.24) is 15.1 Å². The molecule has 2 aliphatic heterocycles. The molecule has 0 bridgehead atoms. The maximum absolute atomic E-state index is 13.2. The molecule has 1 atom stereocenters. The van der Waals surface area contributed by atoms with Crippen molar-refractivity contribution in [2.75, 3.05) is 20.6 Å². The number of nitrogens with one attached hydrogen (secondary N) is 1. The summed E-state index contributed by atoms with van der Waals surface area (Å²) in [6, 6.07) is 5.05. The van der Waals surface area contributed by atoms with E-state index in [1.807, 2.05) is 11.5 Å². The number of rotatable bonds is 4. The predicted molar refractivity (Wildman–Crippen MR) is 90.8 cm³/mol. The van der Waals surface area contributed by atoms with E-state index in [9.17, 15) is 14.0 Å². The Balaban J connectivity index is 1.98. The number of guanidine groups is 1. The number of benzene rings is 1. The molecule has 25 heavy (non-hydrogen) atoms. The van der Waals surface area contributed by atoms with E-state index in [-0.39, 0.29) is 11.7 Å². The molecule has 0 radical (unpaired) electrons. The van der Waals surface area contributed by atoms with Crippen molar-refractivity contribution < 1.29 is 18.6 Å². The van der Waals surface area contributed by atoms with Crippen molar-refractivity contribution in [1.29, 1.82) is 0 Å². The van der Waals surface area contributed by atoms with Gasteiger partial charge in [0, 0.05) is 14.1 Å². The number of hydrogen-bond donors (Lipinski definition) is 1. The average Bonchev–Trinajstić information content (AvgIpc) is 2.96. The lowest BCUT2D eigenvalue weighted by Gasteiger charge is -2.31. The van der Waals surface area contributed by atoms with E-state index >= 15 is 0 Å². The van der Waals surface area contributed by atoms with Gasteiger partial charge < -0.3 is 0 Å². The first-order valence-corrected chi connectivity index (χ1v) is 8.19. The fraction of sp³-hybridized carbons (Fsp3) is 0.412. The zero-order chi connectivity index (χ0) is 18.1. The van der Waals surface area contributed by atoms with Gasteiger partial charge in [-0.2, -0.15) is 0 Å². The highest BCUT2D eigenvalue weighted by molar-refractivity contribution is 6.22. The van der Waals surface area contributed by atoms with Crippen LogP contribution < -0.4 is 5.32 Å². The molecule has 2 heterocycles. The van der Waals surface area contributed by atoms with Gasteiger partial charge in [-0.1, -0.05) is 24.0 Å². The van der Waals surface area contributed by atoms with Crippen LogP contribution in [0.5, 0.6) is 0 Å². The Morgan fingerprint density at radius 1 is 1.20 bits per heavy atom. The van der Waals surface area contributed by atoms with Gasteiger partial charge in [-0.15, -0.1) is 0 Å². The van der Waals surface area contributed by atoms with Crippen LogP contribution in [-0.2, 0) is 11.3 Å². The van der Waals surface area contributed by atoms with E-state index in [4.69, 9.17) is 0 Å². The van der Waals surface area contributed by atoms with E-state index in [0.717, 1.165) is 16.9 Å². The molecule has 1 fully saturated rings. The summed E-state index contributed by atoms with van der Waals surface area (Å²) in [5.74, 6) is 0.328. The van der Waals surface area contributed by atoms with Crippen molar-refractivity contribution in [3.8, 4) is 0 Å². The third kappa shape index (κ3) is 2.99. The Hall–Kier alpha value is -2.77. The van der Waals surface area contributed by atoms with Gasteiger partial charge >= 0.3 is 12.0 Å². The first-order valence-electron chi connectivity index (χ1n) is 8.19. The SMILES string of the molecule is CCCNC1=[N+](Cc2ccc(F)cc2)C2C(=O)N(C)C(=O)N(C)C2=N1. The molecule has 0 spiro atoms. The highest BCUT2D eigenvalue weighted by Crippen LogP contribution is 2.20. The first kappa shape index (κ1) is 17.1. The third-order valence-electron chi connectivity index (χ3n) is 4.33. The Kier molecular flexibility index (Phi) is 4.52. The number of halogens is 1. The number of amidine groups is 1. The van der Waals surface area contributed by atoms with Crippen LogP contribution in [0.4, 0.5) is 9.18 Å². The van der Waals surface area contributed by atoms with E-state index in [2.05, 4.69) is 10.3 Å². The molecule has 1 saturated heterocycles. The van der Waals surface area contributed by atoms with Crippen molar-refractivity contribution in [3.05, 3.63) is 35.6 Å². The Morgan fingerprint density at radius 2 is 1.88 bits per heavy atom. The van der Waals surface area contributed by atoms with Crippen LogP contribution in [0, 0.1) is 5.82 Å². The lowest BCUT2D eigenvalue weighted by Crippen LogP contribution is -2.61. The van der Waals surface area contributed by atoms with Gasteiger partial charge in [0.15, 0.2) is 0 Å². The summed E-state index contributed by atoms with van der Waals surface area (Å²) >= 11 is 0. The summed E-state index contributed by atoms with van der Waals surface area (Å²) in [5.41, 5.74) is 0.851. The molecule has 0 saturated carbocycles. The molecule has 3 amide bonds. The summed E-state index contributed by atoms with van der Waals surface area (Å²) in [5, 5.41) is 3.21. The van der Waals surface area contributed by atoms with Gasteiger partial charge in [0.2, 0.25) is 11.9 Å². The van der Waals surface area contributed by atoms with Crippen LogP contribution in [0.2, 0.25) is 0 Å². The maximum Gasteiger partial charge on any atom is 0.390 e. The minimum absolute atomic E-state index is 0.311. The summed E-state index contributed by atoms with van der Waals surface area (Å²) in [6.07, 6.45) is 0.895. The fourth-order valence-electron chi connectivity index (χ4n) is 2.93. The normalized spacial score (nSPS) is 20.2. The van der Waals surface area contributed by atoms with Crippen molar-refractivity contribution >= 4 is 23.7 Å². The number of likely N-dealkylation sites (N-methyl/N-ethyl adjacent to an activating group) is 2. The third-order valence-corrected chi connectivity index (χ3v) is 4.33. The summed E-state index contributed by atoms with van der Waals surface area (Å²) in [6.45, 7) is 3.10. The van der Waals surface area contributed by atoms with E-state index in [1.54, 1.807) is 19.2 Å². The van der Waals surface area contributed by atoms with Gasteiger partial charge in [-0.3, -0.25) is 19.9 Å². The van der Waals surface area contributed by atoms with Crippen LogP contribution in [-0.4, -0.2) is 64.8 Å². The predicted octanol–water partition coefficient (Wildman–Crippen LogP) is 0.998. The number of fused-ring (bicyclic) bond motifs is 1. The topological polar surface area (TPSA) is 68.0 Å². The number of imide groups is 1. The minimum Gasteiger partial charge on any atom is -0.275 e. The number of carbonyl (C=O) groups is 2. The van der Waals surface area contributed by atoms with Gasteiger partial charge in [0.1, 0.15) is 5.82 Å². The molecular weight excluding hydrogens is 325 g/mol. The number of amides is 3. The van der Waals surface area contributed by atoms with Crippen LogP contribution >= 0.6 is 0 Å². The van der Waals surface area contributed by atoms with Crippen LogP contribution in [0.1, 0.15) is 18.9 Å². The van der Waals surface area contributed by atoms with Gasteiger partial charge in [0.25, 0.3) is 5.91 Å². The molecule has 8 heteroatoms. The van der Waals surface area contributed by atoms with E-state index in [1.165, 1.54) is 24.1 Å². The van der Waals surface area contributed by atoms with Crippen molar-refractivity contribution in [2.45, 2.75) is 25.9 Å². The molecule has 7 nitrogen and oxygen atoms in total. The smallest absolute Gasteiger partial charge is 0.275 e. The number of urea groups is 1. The Labute approximate surface area is 145 Å². The molecule has 1 aromatic rings. The van der Waals surface area contributed by atoms with E-state index < -0.39 is 12.1 Å². The van der Waals surface area contributed by atoms with Crippen molar-refractivity contribution in [3.63, 3.8) is 0 Å². The zero-order valence-corrected chi connectivity index (χ0v) is 14.5. The molecule has 2 aliphatic rings. The summed E-state index contributed by atoms with van der Waals surface area (Å²) in [4.78, 5) is 31.8. The maximum atomic E-state index is 13.2. The molecular formula is C17H21FN5O2+. The van der Waals surface area contributed by atoms with E-state index in [0.29, 0.717) is 24.9 Å². The van der Waals surface area contributed by atoms with Gasteiger partial charge in [-0.05, 0) is 24.1 Å². The second-order valence-electron chi connectivity index (χ2n) is 6.12. The molecule has 3 rings (SSSR count). The highest BCUT2D eigenvalue weighted by Gasteiger charge is 2.51. The van der Waals surface area contributed by atoms with Crippen LogP contribution in [0.25, 0.3) is 0 Å². The summed E-state index contributed by atoms with van der Waals surface area (Å²) < 4.78 is 15.0. The number of nitrogens with zero attached hydrogens (tertiary/aromatic N) is 4. The lowest BCUT2D eigenvalue weighted by atomic mass is 10.1. The molecule has 1 unspecified atom stereocenters. The number of carbonyl (C=O) groups excluding carboxylic acids is 2.